The van der Waals surface area contributed by atoms with Gasteiger partial charge in [-0.05, 0) is 24.5 Å². The van der Waals surface area contributed by atoms with Gasteiger partial charge in [-0.3, -0.25) is 4.90 Å². The Morgan fingerprint density at radius 1 is 1.24 bits per heavy atom. The summed E-state index contributed by atoms with van der Waals surface area (Å²) in [5, 5.41) is 8.74. The molecule has 0 unspecified atom stereocenters. The lowest BCUT2D eigenvalue weighted by atomic mass is 9.86. The zero-order valence-electron chi connectivity index (χ0n) is 11.7. The maximum atomic E-state index is 13.0. The van der Waals surface area contributed by atoms with Gasteiger partial charge in [-0.25, -0.2) is 0 Å². The molecule has 0 bridgehead atoms. The van der Waals surface area contributed by atoms with Gasteiger partial charge in [-0.2, -0.15) is 18.4 Å². The standard InChI is InChI=1S/C15H18F3N3/c16-15(17,18)13-4-2-1-3-12(13)11-21-9-6-14(20,5-8-19)7-10-21/h1-4H,5-7,9-11,20H2. The third-order valence-corrected chi connectivity index (χ3v) is 4.00. The highest BCUT2D eigenvalue weighted by atomic mass is 19.4. The molecule has 1 heterocycles. The highest BCUT2D eigenvalue weighted by Crippen LogP contribution is 2.33. The molecule has 0 aliphatic carbocycles. The van der Waals surface area contributed by atoms with Gasteiger partial charge in [-0.15, -0.1) is 0 Å². The Balaban J connectivity index is 2.04. The average Bonchev–Trinajstić information content (AvgIpc) is 2.41. The minimum absolute atomic E-state index is 0.262. The summed E-state index contributed by atoms with van der Waals surface area (Å²) in [6.45, 7) is 1.49. The van der Waals surface area contributed by atoms with Crippen molar-refractivity contribution in [1.29, 1.82) is 5.26 Å². The molecule has 6 heteroatoms. The third kappa shape index (κ3) is 3.96. The lowest BCUT2D eigenvalue weighted by Crippen LogP contribution is -2.49. The maximum absolute atomic E-state index is 13.0. The molecule has 0 amide bonds. The van der Waals surface area contributed by atoms with E-state index in [1.807, 2.05) is 4.90 Å². The van der Waals surface area contributed by atoms with Gasteiger partial charge >= 0.3 is 6.18 Å². The van der Waals surface area contributed by atoms with Crippen LogP contribution in [0.1, 0.15) is 30.4 Å². The van der Waals surface area contributed by atoms with Crippen LogP contribution in [0.25, 0.3) is 0 Å². The van der Waals surface area contributed by atoms with E-state index < -0.39 is 17.3 Å². The second-order valence-corrected chi connectivity index (χ2v) is 5.63. The van der Waals surface area contributed by atoms with Crippen molar-refractivity contribution < 1.29 is 13.2 Å². The summed E-state index contributed by atoms with van der Waals surface area (Å²) in [4.78, 5) is 1.97. The fourth-order valence-corrected chi connectivity index (χ4v) is 2.67. The number of hydrogen-bond acceptors (Lipinski definition) is 3. The number of piperidine rings is 1. The molecule has 114 valence electrons. The van der Waals surface area contributed by atoms with Crippen molar-refractivity contribution in [2.75, 3.05) is 13.1 Å². The van der Waals surface area contributed by atoms with Crippen LogP contribution in [0.15, 0.2) is 24.3 Å². The Bertz CT molecular complexity index is 526. The van der Waals surface area contributed by atoms with Gasteiger partial charge in [-0.1, -0.05) is 18.2 Å². The van der Waals surface area contributed by atoms with Gasteiger partial charge in [0.2, 0.25) is 0 Å². The van der Waals surface area contributed by atoms with E-state index in [1.54, 1.807) is 6.07 Å². The van der Waals surface area contributed by atoms with Crippen molar-refractivity contribution in [2.24, 2.45) is 5.73 Å². The van der Waals surface area contributed by atoms with Crippen LogP contribution >= 0.6 is 0 Å². The number of halogens is 3. The van der Waals surface area contributed by atoms with Crippen molar-refractivity contribution in [3.63, 3.8) is 0 Å². The molecule has 1 aromatic carbocycles. The molecule has 2 N–H and O–H groups in total. The number of hydrogen-bond donors (Lipinski definition) is 1. The summed E-state index contributed by atoms with van der Waals surface area (Å²) in [5.41, 5.74) is 5.31. The van der Waals surface area contributed by atoms with E-state index >= 15 is 0 Å². The van der Waals surface area contributed by atoms with E-state index in [1.165, 1.54) is 12.1 Å². The van der Waals surface area contributed by atoms with Crippen LogP contribution in [0, 0.1) is 11.3 Å². The summed E-state index contributed by atoms with van der Waals surface area (Å²) in [7, 11) is 0. The molecule has 0 saturated carbocycles. The SMILES string of the molecule is N#CCC1(N)CCN(Cc2ccccc2C(F)(F)F)CC1. The smallest absolute Gasteiger partial charge is 0.324 e. The van der Waals surface area contributed by atoms with Gasteiger partial charge in [0.05, 0.1) is 18.1 Å². The largest absolute Gasteiger partial charge is 0.416 e. The molecule has 21 heavy (non-hydrogen) atoms. The zero-order valence-corrected chi connectivity index (χ0v) is 11.7. The normalized spacial score (nSPS) is 19.2. The van der Waals surface area contributed by atoms with Crippen molar-refractivity contribution >= 4 is 0 Å². The average molecular weight is 297 g/mol. The van der Waals surface area contributed by atoms with Gasteiger partial charge in [0.25, 0.3) is 0 Å². The number of rotatable bonds is 3. The van der Waals surface area contributed by atoms with Crippen molar-refractivity contribution in [3.05, 3.63) is 35.4 Å². The number of nitriles is 1. The Kier molecular flexibility index (Phi) is 4.55. The zero-order chi connectivity index (χ0) is 15.5. The van der Waals surface area contributed by atoms with E-state index in [4.69, 9.17) is 11.0 Å². The number of likely N-dealkylation sites (tertiary alicyclic amines) is 1. The second kappa shape index (κ2) is 6.04. The molecule has 2 rings (SSSR count). The van der Waals surface area contributed by atoms with E-state index in [0.717, 1.165) is 6.07 Å². The predicted octanol–water partition coefficient (Wildman–Crippen LogP) is 2.91. The van der Waals surface area contributed by atoms with E-state index in [-0.39, 0.29) is 12.1 Å². The number of nitrogens with zero attached hydrogens (tertiary/aromatic N) is 2. The van der Waals surface area contributed by atoms with Crippen LogP contribution in [0.5, 0.6) is 0 Å². The molecule has 0 aromatic heterocycles. The Labute approximate surface area is 122 Å². The third-order valence-electron chi connectivity index (χ3n) is 4.00. The van der Waals surface area contributed by atoms with Gasteiger partial charge in [0, 0.05) is 25.2 Å². The van der Waals surface area contributed by atoms with Crippen LogP contribution in [0.4, 0.5) is 13.2 Å². The monoisotopic (exact) mass is 297 g/mol. The lowest BCUT2D eigenvalue weighted by Gasteiger charge is -2.38. The Hall–Kier alpha value is -1.58. The molecule has 1 aromatic rings. The molecule has 1 fully saturated rings. The molecule has 0 atom stereocenters. The first-order chi connectivity index (χ1) is 9.84. The molecule has 3 nitrogen and oxygen atoms in total. The fraction of sp³-hybridized carbons (Fsp3) is 0.533. The molecule has 0 radical (unpaired) electrons. The summed E-state index contributed by atoms with van der Waals surface area (Å²) in [6, 6.07) is 7.73. The van der Waals surface area contributed by atoms with Crippen molar-refractivity contribution in [1.82, 2.24) is 4.90 Å². The van der Waals surface area contributed by atoms with Crippen LogP contribution in [-0.4, -0.2) is 23.5 Å². The van der Waals surface area contributed by atoms with Crippen LogP contribution in [0.2, 0.25) is 0 Å². The van der Waals surface area contributed by atoms with Crippen molar-refractivity contribution in [2.45, 2.75) is 37.5 Å². The van der Waals surface area contributed by atoms with Crippen LogP contribution in [0.3, 0.4) is 0 Å². The highest BCUT2D eigenvalue weighted by molar-refractivity contribution is 5.29. The Morgan fingerprint density at radius 2 is 1.86 bits per heavy atom. The molecule has 0 spiro atoms. The van der Waals surface area contributed by atoms with E-state index in [9.17, 15) is 13.2 Å². The summed E-state index contributed by atoms with van der Waals surface area (Å²) in [5.74, 6) is 0. The van der Waals surface area contributed by atoms with Crippen LogP contribution in [-0.2, 0) is 12.7 Å². The minimum atomic E-state index is -4.33. The first kappa shape index (κ1) is 15.8. The summed E-state index contributed by atoms with van der Waals surface area (Å²) >= 11 is 0. The molecule has 1 aliphatic rings. The van der Waals surface area contributed by atoms with Crippen LogP contribution < -0.4 is 5.73 Å². The fourth-order valence-electron chi connectivity index (χ4n) is 2.67. The maximum Gasteiger partial charge on any atom is 0.416 e. The van der Waals surface area contributed by atoms with Crippen molar-refractivity contribution in [3.8, 4) is 6.07 Å². The lowest BCUT2D eigenvalue weighted by molar-refractivity contribution is -0.138. The quantitative estimate of drug-likeness (QED) is 0.933. The summed E-state index contributed by atoms with van der Waals surface area (Å²) in [6.07, 6.45) is -2.77. The molecule has 1 saturated heterocycles. The second-order valence-electron chi connectivity index (χ2n) is 5.63. The first-order valence-corrected chi connectivity index (χ1v) is 6.87. The number of nitrogens with two attached hydrogens (primary N) is 1. The summed E-state index contributed by atoms with van der Waals surface area (Å²) < 4.78 is 38.9. The molecule has 1 aliphatic heterocycles. The number of benzene rings is 1. The topological polar surface area (TPSA) is 53.1 Å². The van der Waals surface area contributed by atoms with Gasteiger partial charge in [0.1, 0.15) is 0 Å². The highest BCUT2D eigenvalue weighted by Gasteiger charge is 2.34. The van der Waals surface area contributed by atoms with E-state index in [2.05, 4.69) is 6.07 Å². The Morgan fingerprint density at radius 3 is 2.43 bits per heavy atom. The number of alkyl halides is 3. The molecular weight excluding hydrogens is 279 g/mol. The minimum Gasteiger partial charge on any atom is -0.324 e. The molecular formula is C15H18F3N3. The predicted molar refractivity (Wildman–Crippen MR) is 73.1 cm³/mol. The first-order valence-electron chi connectivity index (χ1n) is 6.87. The van der Waals surface area contributed by atoms with Gasteiger partial charge < -0.3 is 5.73 Å². The van der Waals surface area contributed by atoms with Gasteiger partial charge in [0.15, 0.2) is 0 Å². The van der Waals surface area contributed by atoms with E-state index in [0.29, 0.717) is 32.4 Å².